The number of amides is 2. The number of nitrogens with one attached hydrogen (secondary N) is 1. The number of carbonyl (C=O) groups is 3. The molecule has 2 aromatic carbocycles. The fourth-order valence-corrected chi connectivity index (χ4v) is 4.76. The second kappa shape index (κ2) is 9.99. The van der Waals surface area contributed by atoms with E-state index in [4.69, 9.17) is 4.74 Å². The van der Waals surface area contributed by atoms with Crippen molar-refractivity contribution in [2.45, 2.75) is 26.8 Å². The third-order valence-corrected chi connectivity index (χ3v) is 6.67. The summed E-state index contributed by atoms with van der Waals surface area (Å²) in [7, 11) is 1.51. The van der Waals surface area contributed by atoms with Crippen LogP contribution in [0.25, 0.3) is 11.1 Å². The molecule has 1 aromatic heterocycles. The van der Waals surface area contributed by atoms with Gasteiger partial charge >= 0.3 is 0 Å². The Kier molecular flexibility index (Phi) is 6.99. The van der Waals surface area contributed by atoms with Gasteiger partial charge < -0.3 is 15.2 Å². The number of rotatable bonds is 7. The normalized spacial score (nSPS) is 15.8. The first kappa shape index (κ1) is 25.2. The zero-order valence-electron chi connectivity index (χ0n) is 20.6. The summed E-state index contributed by atoms with van der Waals surface area (Å²) in [5.74, 6) is -1.58. The van der Waals surface area contributed by atoms with E-state index in [0.29, 0.717) is 17.0 Å². The number of ether oxygens (including phenoxy) is 1. The van der Waals surface area contributed by atoms with Crippen LogP contribution in [0, 0.1) is 5.41 Å². The molecule has 0 fully saturated rings. The number of aliphatic hydroxyl groups excluding tert-OH is 1. The van der Waals surface area contributed by atoms with Crippen LogP contribution in [0.1, 0.15) is 32.4 Å². The van der Waals surface area contributed by atoms with Gasteiger partial charge in [-0.05, 0) is 46.2 Å². The molecule has 7 nitrogen and oxygen atoms in total. The third kappa shape index (κ3) is 4.77. The summed E-state index contributed by atoms with van der Waals surface area (Å²) in [6.45, 7) is 4.98. The number of Topliss-reactive ketones (excluding diaryl/α,β-unsaturated/α-hetero) is 1. The van der Waals surface area contributed by atoms with Gasteiger partial charge in [-0.15, -0.1) is 0 Å². The molecule has 1 aliphatic heterocycles. The minimum atomic E-state index is -0.933. The number of anilines is 1. The van der Waals surface area contributed by atoms with Gasteiger partial charge in [-0.2, -0.15) is 11.3 Å². The second-order valence-corrected chi connectivity index (χ2v) is 10.3. The molecule has 0 bridgehead atoms. The van der Waals surface area contributed by atoms with Crippen molar-refractivity contribution in [2.24, 2.45) is 5.41 Å². The fraction of sp³-hybridized carbons (Fsp3) is 0.250. The molecule has 2 N–H and O–H groups in total. The minimum absolute atomic E-state index is 0.00500. The van der Waals surface area contributed by atoms with E-state index in [2.05, 4.69) is 5.32 Å². The average molecular weight is 505 g/mol. The Morgan fingerprint density at radius 2 is 1.75 bits per heavy atom. The first-order valence-corrected chi connectivity index (χ1v) is 12.4. The van der Waals surface area contributed by atoms with Gasteiger partial charge in [-0.1, -0.05) is 51.1 Å². The molecule has 1 unspecified atom stereocenters. The first-order chi connectivity index (χ1) is 17.1. The summed E-state index contributed by atoms with van der Waals surface area (Å²) in [5, 5.41) is 17.5. The Morgan fingerprint density at radius 1 is 1.06 bits per heavy atom. The number of benzene rings is 2. The fourth-order valence-electron chi connectivity index (χ4n) is 4.10. The molecule has 4 rings (SSSR count). The predicted molar refractivity (Wildman–Crippen MR) is 140 cm³/mol. The molecule has 186 valence electrons. The second-order valence-electron chi connectivity index (χ2n) is 9.48. The highest BCUT2D eigenvalue weighted by molar-refractivity contribution is 7.08. The van der Waals surface area contributed by atoms with E-state index in [1.165, 1.54) is 11.9 Å². The van der Waals surface area contributed by atoms with Gasteiger partial charge in [-0.3, -0.25) is 19.3 Å². The van der Waals surface area contributed by atoms with Gasteiger partial charge in [0.15, 0.2) is 18.1 Å². The van der Waals surface area contributed by atoms with E-state index < -0.39 is 23.1 Å². The smallest absolute Gasteiger partial charge is 0.294 e. The lowest BCUT2D eigenvalue weighted by atomic mass is 9.82. The van der Waals surface area contributed by atoms with Crippen LogP contribution in [-0.2, 0) is 14.4 Å². The molecule has 1 aliphatic rings. The third-order valence-electron chi connectivity index (χ3n) is 5.99. The summed E-state index contributed by atoms with van der Waals surface area (Å²) < 4.78 is 5.77. The molecule has 0 spiro atoms. The number of ketones is 1. The molecule has 0 saturated carbocycles. The molecule has 8 heteroatoms. The number of thiophene rings is 1. The van der Waals surface area contributed by atoms with Crippen molar-refractivity contribution in [3.63, 3.8) is 0 Å². The monoisotopic (exact) mass is 504 g/mol. The van der Waals surface area contributed by atoms with E-state index in [9.17, 15) is 19.5 Å². The molecular formula is C28H28N2O5S. The molecule has 2 amide bonds. The van der Waals surface area contributed by atoms with Crippen molar-refractivity contribution in [1.29, 1.82) is 0 Å². The van der Waals surface area contributed by atoms with Gasteiger partial charge in [0, 0.05) is 23.7 Å². The van der Waals surface area contributed by atoms with Gasteiger partial charge in [0.05, 0.1) is 11.6 Å². The summed E-state index contributed by atoms with van der Waals surface area (Å²) >= 11 is 1.59. The highest BCUT2D eigenvalue weighted by atomic mass is 32.1. The maximum absolute atomic E-state index is 13.5. The summed E-state index contributed by atoms with van der Waals surface area (Å²) in [6.07, 6.45) is 0. The predicted octanol–water partition coefficient (Wildman–Crippen LogP) is 5.06. The Hall–Kier alpha value is -3.91. The maximum atomic E-state index is 13.5. The number of hydrogen-bond donors (Lipinski definition) is 2. The van der Waals surface area contributed by atoms with Gasteiger partial charge in [0.2, 0.25) is 0 Å². The lowest BCUT2D eigenvalue weighted by Gasteiger charge is -2.30. The summed E-state index contributed by atoms with van der Waals surface area (Å²) in [4.78, 5) is 40.2. The molecule has 0 saturated heterocycles. The van der Waals surface area contributed by atoms with Crippen molar-refractivity contribution >= 4 is 34.6 Å². The lowest BCUT2D eigenvalue weighted by Crippen LogP contribution is -2.33. The van der Waals surface area contributed by atoms with E-state index in [-0.39, 0.29) is 23.9 Å². The van der Waals surface area contributed by atoms with Crippen LogP contribution < -0.4 is 15.0 Å². The van der Waals surface area contributed by atoms with Crippen molar-refractivity contribution in [1.82, 2.24) is 5.32 Å². The van der Waals surface area contributed by atoms with Crippen LogP contribution in [0.2, 0.25) is 0 Å². The number of aliphatic hydroxyl groups is 1. The van der Waals surface area contributed by atoms with Crippen LogP contribution in [0.3, 0.4) is 0 Å². The van der Waals surface area contributed by atoms with E-state index in [1.807, 2.05) is 29.0 Å². The standard InChI is InChI=1S/C28H28N2O5S/c1-28(2,3)26(33)23-24(20-7-5-6-8-21(20)35-15-22(31)29-4)30(27(34)25(23)32)19-11-9-17(10-12-19)18-13-14-36-16-18/h5-14,16,24,32H,15H2,1-4H3,(H,29,31). The van der Waals surface area contributed by atoms with Crippen LogP contribution in [-0.4, -0.2) is 36.4 Å². The molecule has 0 radical (unpaired) electrons. The molecule has 3 aromatic rings. The van der Waals surface area contributed by atoms with Crippen molar-refractivity contribution in [2.75, 3.05) is 18.6 Å². The van der Waals surface area contributed by atoms with Gasteiger partial charge in [0.25, 0.3) is 11.8 Å². The van der Waals surface area contributed by atoms with E-state index in [1.54, 1.807) is 68.5 Å². The zero-order valence-corrected chi connectivity index (χ0v) is 21.4. The van der Waals surface area contributed by atoms with Crippen molar-refractivity contribution < 1.29 is 24.2 Å². The Balaban J connectivity index is 1.83. The first-order valence-electron chi connectivity index (χ1n) is 11.5. The van der Waals surface area contributed by atoms with Crippen molar-refractivity contribution in [3.05, 3.63) is 82.3 Å². The average Bonchev–Trinajstić information content (AvgIpc) is 3.49. The number of nitrogens with zero attached hydrogens (tertiary/aromatic N) is 1. The van der Waals surface area contributed by atoms with E-state index in [0.717, 1.165) is 11.1 Å². The van der Waals surface area contributed by atoms with Crippen LogP contribution in [0.15, 0.2) is 76.7 Å². The summed E-state index contributed by atoms with van der Waals surface area (Å²) in [5.41, 5.74) is 2.22. The largest absolute Gasteiger partial charge is 0.503 e. The number of para-hydroxylation sites is 1. The highest BCUT2D eigenvalue weighted by Crippen LogP contribution is 2.46. The van der Waals surface area contributed by atoms with Gasteiger partial charge in [-0.25, -0.2) is 0 Å². The van der Waals surface area contributed by atoms with Crippen LogP contribution >= 0.6 is 11.3 Å². The Bertz CT molecular complexity index is 1320. The molecular weight excluding hydrogens is 476 g/mol. The maximum Gasteiger partial charge on any atom is 0.294 e. The molecule has 1 atom stereocenters. The van der Waals surface area contributed by atoms with Crippen LogP contribution in [0.4, 0.5) is 5.69 Å². The SMILES string of the molecule is CNC(=O)COc1ccccc1C1C(C(=O)C(C)(C)C)=C(O)C(=O)N1c1ccc(-c2ccsc2)cc1. The van der Waals surface area contributed by atoms with E-state index >= 15 is 0 Å². The van der Waals surface area contributed by atoms with Crippen molar-refractivity contribution in [3.8, 4) is 16.9 Å². The molecule has 2 heterocycles. The molecule has 36 heavy (non-hydrogen) atoms. The number of likely N-dealkylation sites (N-methyl/N-ethyl adjacent to an activating group) is 1. The number of hydrogen-bond acceptors (Lipinski definition) is 6. The number of carbonyl (C=O) groups excluding carboxylic acids is 3. The van der Waals surface area contributed by atoms with Crippen LogP contribution in [0.5, 0.6) is 5.75 Å². The topological polar surface area (TPSA) is 95.9 Å². The Labute approximate surface area is 214 Å². The summed E-state index contributed by atoms with van der Waals surface area (Å²) in [6, 6.07) is 15.4. The molecule has 0 aliphatic carbocycles. The van der Waals surface area contributed by atoms with Gasteiger partial charge in [0.1, 0.15) is 5.75 Å². The highest BCUT2D eigenvalue weighted by Gasteiger charge is 2.47. The zero-order chi connectivity index (χ0) is 26.0. The Morgan fingerprint density at radius 3 is 2.36 bits per heavy atom. The minimum Gasteiger partial charge on any atom is -0.503 e. The quantitative estimate of drug-likeness (QED) is 0.469. The lowest BCUT2D eigenvalue weighted by molar-refractivity contribution is -0.123.